The fourth-order valence-electron chi connectivity index (χ4n) is 15.6. The van der Waals surface area contributed by atoms with Crippen molar-refractivity contribution in [3.63, 3.8) is 0 Å². The van der Waals surface area contributed by atoms with Gasteiger partial charge in [0.25, 0.3) is 0 Å². The van der Waals surface area contributed by atoms with Gasteiger partial charge in [-0.2, -0.15) is 19.3 Å². The zero-order valence-corrected chi connectivity index (χ0v) is 51.7. The van der Waals surface area contributed by atoms with Gasteiger partial charge >= 0.3 is 0 Å². The van der Waals surface area contributed by atoms with Gasteiger partial charge in [-0.05, 0) is 91.8 Å². The molecule has 10 heteroatoms. The molecule has 66 heavy (non-hydrogen) atoms. The van der Waals surface area contributed by atoms with Crippen LogP contribution in [0.4, 0.5) is 0 Å². The van der Waals surface area contributed by atoms with Crippen molar-refractivity contribution >= 4 is 6.29 Å². The monoisotopic (exact) mass is 1200 g/mol. The van der Waals surface area contributed by atoms with Crippen molar-refractivity contribution in [3.05, 3.63) is 31.4 Å². The molecule has 10 unspecified atom stereocenters. The molecule has 4 saturated carbocycles. The molecule has 3 saturated heterocycles. The maximum Gasteiger partial charge on any atom is 0.184 e. The molecule has 23 atom stereocenters. The number of allylic oxidation sites excluding steroid dienone is 2. The van der Waals surface area contributed by atoms with Crippen LogP contribution in [0.15, 0.2) is 11.6 Å². The van der Waals surface area contributed by atoms with Crippen LogP contribution in [0.25, 0.3) is 0 Å². The Bertz CT molecular complexity index is 1660. The second-order valence-electron chi connectivity index (χ2n) is 24.8. The molecule has 0 bridgehead atoms. The van der Waals surface area contributed by atoms with Gasteiger partial charge in [0.05, 0.1) is 24.4 Å². The molecule has 0 amide bonds. The van der Waals surface area contributed by atoms with E-state index in [0.29, 0.717) is 35.5 Å². The van der Waals surface area contributed by atoms with Gasteiger partial charge in [-0.1, -0.05) is 145 Å². The van der Waals surface area contributed by atoms with Crippen LogP contribution in [0, 0.1) is 106 Å². The Kier molecular flexibility index (Phi) is 20.2. The zero-order chi connectivity index (χ0) is 45.1. The Hall–Kier alpha value is 1.55. The van der Waals surface area contributed by atoms with Crippen LogP contribution in [-0.4, -0.2) is 61.8 Å². The minimum Gasteiger partial charge on any atom is -0.544 e. The summed E-state index contributed by atoms with van der Waals surface area (Å²) in [7, 11) is 0. The molecule has 7 fully saturated rings. The average molecular weight is 1200 g/mol. The predicted octanol–water partition coefficient (Wildman–Crippen LogP) is 13.0. The molecule has 2 radical (unpaired) electrons. The summed E-state index contributed by atoms with van der Waals surface area (Å²) in [5.74, 6) is 5.11. The Labute approximate surface area is 456 Å². The van der Waals surface area contributed by atoms with Crippen molar-refractivity contribution < 1.29 is 106 Å². The number of hydrogen-bond donors (Lipinski definition) is 0. The third-order valence-electron chi connectivity index (χ3n) is 21.5. The largest absolute Gasteiger partial charge is 0.544 e. The first kappa shape index (κ1) is 60.1. The van der Waals surface area contributed by atoms with Gasteiger partial charge in [-0.25, -0.2) is 0 Å². The first-order valence-corrected chi connectivity index (χ1v) is 25.8. The summed E-state index contributed by atoms with van der Waals surface area (Å²) in [6.07, 6.45) is 16.4. The van der Waals surface area contributed by atoms with E-state index in [9.17, 15) is 4.79 Å². The first-order valence-electron chi connectivity index (χ1n) is 25.8. The third-order valence-corrected chi connectivity index (χ3v) is 21.5. The second kappa shape index (κ2) is 22.2. The molecule has 0 N–H and O–H groups in total. The van der Waals surface area contributed by atoms with Crippen molar-refractivity contribution in [2.75, 3.05) is 0 Å². The number of fused-ring (bicyclic) bond motifs is 7. The van der Waals surface area contributed by atoms with Crippen LogP contribution in [0.3, 0.4) is 0 Å². The quantitative estimate of drug-likeness (QED) is 0.136. The third kappa shape index (κ3) is 9.96. The smallest absolute Gasteiger partial charge is 0.184 e. The molecule has 0 spiro atoms. The normalized spacial score (nSPS) is 52.1. The molecule has 3 aliphatic heterocycles. The molecule has 8 aliphatic rings. The van der Waals surface area contributed by atoms with Crippen molar-refractivity contribution in [2.24, 2.45) is 86.3 Å². The van der Waals surface area contributed by atoms with Crippen molar-refractivity contribution in [1.29, 1.82) is 0 Å². The summed E-state index contributed by atoms with van der Waals surface area (Å²) < 4.78 is 42.5. The standard InChI is InChI=1S/C55H89O7.CH3.V.W.Y/c1-17-43-33(5)31(3)35(7)49(59-43)62-47-46(61-48-34(6)30(2)32(4)38(10)57-48)36(8)39(11)58-50(47)60-44-21-22-52(14)40(37(44)9)20-23-54(16)45(52)19-18-41-42-28-51(12,13)24-26-55(42,29-56)27-25-53(41,54)15;;;;/h18,27,30-36,38-40,42-50H,17,19-26,28H2,1-16H3;1H3;;;/q-3;-1;;;/t30?,31-,32+,33+,34?,35?,36+,38-,39?,40-,42?,43?,44-,45?,46-,47?,48-,49-,50-,52?,53+,54?,55+;;;;/m0..../s1. The van der Waals surface area contributed by atoms with Crippen molar-refractivity contribution in [3.8, 4) is 0 Å². The molecule has 0 aromatic carbocycles. The molecule has 7 nitrogen and oxygen atoms in total. The first-order chi connectivity index (χ1) is 29.1. The number of rotatable bonds is 8. The number of carbonyl (C=O) groups excluding carboxylic acids is 1. The topological polar surface area (TPSA) is 72.5 Å². The maximum absolute atomic E-state index is 12.9. The van der Waals surface area contributed by atoms with Gasteiger partial charge in [0.15, 0.2) is 18.9 Å². The number of hydrogen-bond acceptors (Lipinski definition) is 7. The maximum atomic E-state index is 12.9. The molecule has 0 aromatic rings. The molecular formula is C56H92O7VWY-4. The molecular weight excluding hydrogens is 1110 g/mol. The fraction of sp³-hybridized carbons (Fsp3) is 0.893. The van der Waals surface area contributed by atoms with Gasteiger partial charge in [0.2, 0.25) is 0 Å². The molecule has 0 aromatic heterocycles. The summed E-state index contributed by atoms with van der Waals surface area (Å²) in [4.78, 5) is 12.9. The Morgan fingerprint density at radius 2 is 1.33 bits per heavy atom. The minimum absolute atomic E-state index is 0. The van der Waals surface area contributed by atoms with Gasteiger partial charge in [0, 0.05) is 90.1 Å². The van der Waals surface area contributed by atoms with Gasteiger partial charge in [-0.3, -0.25) is 17.6 Å². The van der Waals surface area contributed by atoms with Gasteiger partial charge in [-0.15, -0.1) is 0 Å². The van der Waals surface area contributed by atoms with E-state index in [-0.39, 0.29) is 168 Å². The van der Waals surface area contributed by atoms with E-state index in [4.69, 9.17) is 28.4 Å². The van der Waals surface area contributed by atoms with E-state index in [2.05, 4.69) is 130 Å². The van der Waals surface area contributed by atoms with E-state index in [1.165, 1.54) is 12.3 Å². The Morgan fingerprint density at radius 3 is 1.97 bits per heavy atom. The minimum atomic E-state index is -0.603. The van der Waals surface area contributed by atoms with E-state index in [1.807, 2.05) is 0 Å². The average Bonchev–Trinajstić information content (AvgIpc) is 3.23. The SMILES string of the molecule is CCC1O[C@@H](OC2[C@H](O[C@H]3CCC4(C)C5CC=C6C7CC(C)(C)CC[C@]7([C-]=O)[CH-]C[C@@]6(C)C5(C)CC[C@H]4[C-]3C)OC(C)[C@@H](C)[C@@H]2O[C@@H]2O[C@@H](C)[C@H](C)C(C)C2C)C(C)[C@@H](C)[C@H]1C.[CH3-].[V].[W].[Y]. The predicted molar refractivity (Wildman–Crippen MR) is 252 cm³/mol. The zero-order valence-electron chi connectivity index (χ0n) is 44.5. The molecule has 3 heterocycles. The van der Waals surface area contributed by atoms with Gasteiger partial charge < -0.3 is 47.1 Å². The molecule has 8 rings (SSSR count). The summed E-state index contributed by atoms with van der Waals surface area (Å²) >= 11 is 0. The Balaban J connectivity index is 0.00000238. The molecule has 5 aliphatic carbocycles. The summed E-state index contributed by atoms with van der Waals surface area (Å²) in [5, 5.41) is 0. The van der Waals surface area contributed by atoms with E-state index >= 15 is 0 Å². The molecule has 376 valence electrons. The van der Waals surface area contributed by atoms with Crippen LogP contribution < -0.4 is 0 Å². The van der Waals surface area contributed by atoms with E-state index < -0.39 is 17.8 Å². The second-order valence-corrected chi connectivity index (χ2v) is 24.8. The van der Waals surface area contributed by atoms with E-state index in [0.717, 1.165) is 57.8 Å². The summed E-state index contributed by atoms with van der Waals surface area (Å²) in [6.45, 7) is 37.8. The van der Waals surface area contributed by atoms with Crippen LogP contribution in [0.5, 0.6) is 0 Å². The Morgan fingerprint density at radius 1 is 0.742 bits per heavy atom. The van der Waals surface area contributed by atoms with Crippen molar-refractivity contribution in [1.82, 2.24) is 0 Å². The van der Waals surface area contributed by atoms with Crippen LogP contribution in [0.2, 0.25) is 0 Å². The summed E-state index contributed by atoms with van der Waals surface area (Å²) in [5.41, 5.74) is 1.77. The van der Waals surface area contributed by atoms with Crippen molar-refractivity contribution in [2.45, 2.75) is 230 Å². The number of ether oxygens (including phenoxy) is 6. The van der Waals surface area contributed by atoms with Crippen LogP contribution >= 0.6 is 0 Å². The summed E-state index contributed by atoms with van der Waals surface area (Å²) in [6, 6.07) is 0. The van der Waals surface area contributed by atoms with Crippen LogP contribution in [0.1, 0.15) is 175 Å². The fourth-order valence-corrected chi connectivity index (χ4v) is 15.6. The van der Waals surface area contributed by atoms with Gasteiger partial charge in [0.1, 0.15) is 6.10 Å². The van der Waals surface area contributed by atoms with E-state index in [1.54, 1.807) is 5.57 Å². The van der Waals surface area contributed by atoms with Crippen LogP contribution in [-0.2, 0) is 106 Å².